The maximum atomic E-state index is 11.4. The highest BCUT2D eigenvalue weighted by atomic mass is 79.9. The minimum atomic E-state index is -0.677. The molecular weight excluding hydrogens is 320 g/mol. The van der Waals surface area contributed by atoms with Gasteiger partial charge in [-0.1, -0.05) is 15.9 Å². The van der Waals surface area contributed by atoms with Crippen molar-refractivity contribution in [2.24, 2.45) is 0 Å². The van der Waals surface area contributed by atoms with Crippen LogP contribution in [0.3, 0.4) is 0 Å². The van der Waals surface area contributed by atoms with Crippen molar-refractivity contribution in [3.05, 3.63) is 0 Å². The number of ether oxygens (including phenoxy) is 2. The molecule has 0 aliphatic heterocycles. The molecule has 0 bridgehead atoms. The van der Waals surface area contributed by atoms with Crippen LogP contribution in [0.4, 0.5) is 9.59 Å². The molecule has 0 saturated carbocycles. The summed E-state index contributed by atoms with van der Waals surface area (Å²) in [7, 11) is 0. The average Bonchev–Trinajstić information content (AvgIpc) is 2.23. The predicted octanol–water partition coefficient (Wildman–Crippen LogP) is 1.95. The van der Waals surface area contributed by atoms with Crippen LogP contribution in [-0.4, -0.2) is 42.4 Å². The van der Waals surface area contributed by atoms with Crippen molar-refractivity contribution in [1.82, 2.24) is 10.8 Å². The molecule has 0 rings (SSSR count). The van der Waals surface area contributed by atoms with Crippen LogP contribution in [0, 0.1) is 0 Å². The summed E-state index contributed by atoms with van der Waals surface area (Å²) in [6.45, 7) is 7.39. The molecule has 112 valence electrons. The maximum absolute atomic E-state index is 11.4. The summed E-state index contributed by atoms with van der Waals surface area (Å²) in [5.41, 5.74) is 1.54. The molecule has 7 nitrogen and oxygen atoms in total. The normalized spacial score (nSPS) is 12.5. The highest BCUT2D eigenvalue weighted by Crippen LogP contribution is 2.06. The zero-order valence-electron chi connectivity index (χ0n) is 11.6. The van der Waals surface area contributed by atoms with E-state index in [2.05, 4.69) is 31.5 Å². The molecule has 2 amide bonds. The van der Waals surface area contributed by atoms with Gasteiger partial charge in [-0.05, 0) is 27.7 Å². The van der Waals surface area contributed by atoms with E-state index >= 15 is 0 Å². The molecule has 19 heavy (non-hydrogen) atoms. The van der Waals surface area contributed by atoms with Gasteiger partial charge in [0, 0.05) is 5.33 Å². The highest BCUT2D eigenvalue weighted by molar-refractivity contribution is 9.09. The Morgan fingerprint density at radius 2 is 1.89 bits per heavy atom. The molecule has 8 heteroatoms. The van der Waals surface area contributed by atoms with Crippen LogP contribution in [0.1, 0.15) is 27.7 Å². The van der Waals surface area contributed by atoms with E-state index in [1.54, 1.807) is 27.7 Å². The van der Waals surface area contributed by atoms with Crippen LogP contribution in [0.2, 0.25) is 0 Å². The van der Waals surface area contributed by atoms with E-state index in [1.165, 1.54) is 0 Å². The molecule has 0 aliphatic rings. The molecule has 0 heterocycles. The molecule has 0 aromatic carbocycles. The summed E-state index contributed by atoms with van der Waals surface area (Å²) < 4.78 is 9.75. The molecule has 0 aliphatic carbocycles. The Bertz CT molecular complexity index is 293. The zero-order valence-corrected chi connectivity index (χ0v) is 13.2. The number of hydrogen-bond donors (Lipinski definition) is 2. The van der Waals surface area contributed by atoms with Gasteiger partial charge < -0.3 is 14.8 Å². The highest BCUT2D eigenvalue weighted by Gasteiger charge is 2.17. The molecule has 1 atom stereocenters. The van der Waals surface area contributed by atoms with E-state index < -0.39 is 17.8 Å². The lowest BCUT2D eigenvalue weighted by atomic mass is 10.2. The van der Waals surface area contributed by atoms with Gasteiger partial charge in [0.05, 0.1) is 12.6 Å². The predicted molar refractivity (Wildman–Crippen MR) is 73.1 cm³/mol. The Morgan fingerprint density at radius 3 is 2.42 bits per heavy atom. The Kier molecular flexibility index (Phi) is 8.49. The quantitative estimate of drug-likeness (QED) is 0.570. The van der Waals surface area contributed by atoms with Crippen molar-refractivity contribution in [1.29, 1.82) is 0 Å². The van der Waals surface area contributed by atoms with Gasteiger partial charge in [-0.3, -0.25) is 4.84 Å². The van der Waals surface area contributed by atoms with E-state index in [4.69, 9.17) is 9.57 Å². The third-order valence-electron chi connectivity index (χ3n) is 1.56. The van der Waals surface area contributed by atoms with Gasteiger partial charge in [-0.2, -0.15) is 5.48 Å². The number of rotatable bonds is 6. The molecule has 0 aromatic heterocycles. The minimum Gasteiger partial charge on any atom is -0.447 e. The number of carbonyl (C=O) groups excluding carboxylic acids is 2. The van der Waals surface area contributed by atoms with Gasteiger partial charge >= 0.3 is 12.2 Å². The topological polar surface area (TPSA) is 85.9 Å². The second-order valence-corrected chi connectivity index (χ2v) is 5.58. The van der Waals surface area contributed by atoms with Gasteiger partial charge in [0.25, 0.3) is 0 Å². The van der Waals surface area contributed by atoms with Crippen molar-refractivity contribution in [2.45, 2.75) is 39.3 Å². The molecule has 0 saturated heterocycles. The van der Waals surface area contributed by atoms with Crippen molar-refractivity contribution in [3.8, 4) is 0 Å². The molecule has 0 radical (unpaired) electrons. The fraction of sp³-hybridized carbons (Fsp3) is 0.818. The van der Waals surface area contributed by atoms with Gasteiger partial charge in [0.1, 0.15) is 12.2 Å². The zero-order chi connectivity index (χ0) is 14.9. The van der Waals surface area contributed by atoms with Crippen molar-refractivity contribution in [3.63, 3.8) is 0 Å². The van der Waals surface area contributed by atoms with Crippen LogP contribution in [0.15, 0.2) is 0 Å². The summed E-state index contributed by atoms with van der Waals surface area (Å²) in [6, 6.07) is -0.314. The van der Waals surface area contributed by atoms with E-state index in [1.807, 2.05) is 0 Å². The first-order valence-electron chi connectivity index (χ1n) is 5.84. The largest absolute Gasteiger partial charge is 0.447 e. The lowest BCUT2D eigenvalue weighted by molar-refractivity contribution is 0.0160. The summed E-state index contributed by atoms with van der Waals surface area (Å²) in [5, 5.41) is 3.12. The Labute approximate surface area is 121 Å². The van der Waals surface area contributed by atoms with E-state index in [-0.39, 0.29) is 19.3 Å². The lowest BCUT2D eigenvalue weighted by Gasteiger charge is -2.21. The number of alkyl carbamates (subject to hydrolysis) is 1. The third kappa shape index (κ3) is 11.8. The first kappa shape index (κ1) is 18.0. The Hall–Kier alpha value is -1.02. The van der Waals surface area contributed by atoms with Crippen LogP contribution >= 0.6 is 15.9 Å². The summed E-state index contributed by atoms with van der Waals surface area (Å²) in [4.78, 5) is 27.3. The molecular formula is C11H21BrN2O5. The smallest absolute Gasteiger partial charge is 0.431 e. The number of halogens is 1. The van der Waals surface area contributed by atoms with Crippen LogP contribution in [-0.2, 0) is 14.3 Å². The van der Waals surface area contributed by atoms with Crippen molar-refractivity contribution < 1.29 is 23.9 Å². The third-order valence-corrected chi connectivity index (χ3v) is 1.89. The van der Waals surface area contributed by atoms with E-state index in [0.717, 1.165) is 0 Å². The number of nitrogens with one attached hydrogen (secondary N) is 2. The number of alkyl halides is 1. The van der Waals surface area contributed by atoms with Crippen molar-refractivity contribution >= 4 is 28.1 Å². The molecule has 2 N–H and O–H groups in total. The fourth-order valence-electron chi connectivity index (χ4n) is 0.937. The summed E-state index contributed by atoms with van der Waals surface area (Å²) in [5.74, 6) is 0. The summed E-state index contributed by atoms with van der Waals surface area (Å²) >= 11 is 3.11. The Morgan fingerprint density at radius 1 is 1.26 bits per heavy atom. The SMILES string of the molecule is CC(CONC(=O)OCCBr)NC(=O)OC(C)(C)C. The van der Waals surface area contributed by atoms with Crippen LogP contribution in [0.5, 0.6) is 0 Å². The molecule has 0 spiro atoms. The van der Waals surface area contributed by atoms with E-state index in [9.17, 15) is 9.59 Å². The second kappa shape index (κ2) is 8.98. The first-order chi connectivity index (χ1) is 8.74. The monoisotopic (exact) mass is 340 g/mol. The van der Waals surface area contributed by atoms with E-state index in [0.29, 0.717) is 5.33 Å². The van der Waals surface area contributed by atoms with Crippen LogP contribution < -0.4 is 10.8 Å². The number of hydrogen-bond acceptors (Lipinski definition) is 5. The van der Waals surface area contributed by atoms with Gasteiger partial charge in [0.2, 0.25) is 0 Å². The summed E-state index contributed by atoms with van der Waals surface area (Å²) in [6.07, 6.45) is -1.21. The first-order valence-corrected chi connectivity index (χ1v) is 6.97. The van der Waals surface area contributed by atoms with Gasteiger partial charge in [-0.15, -0.1) is 0 Å². The van der Waals surface area contributed by atoms with Crippen molar-refractivity contribution in [2.75, 3.05) is 18.5 Å². The van der Waals surface area contributed by atoms with Gasteiger partial charge in [-0.25, -0.2) is 9.59 Å². The second-order valence-electron chi connectivity index (χ2n) is 4.79. The molecule has 0 aromatic rings. The number of carbonyl (C=O) groups is 2. The molecule has 1 unspecified atom stereocenters. The van der Waals surface area contributed by atoms with Gasteiger partial charge in [0.15, 0.2) is 0 Å². The maximum Gasteiger partial charge on any atom is 0.431 e. The Balaban J connectivity index is 3.72. The lowest BCUT2D eigenvalue weighted by Crippen LogP contribution is -2.41. The molecule has 0 fully saturated rings. The van der Waals surface area contributed by atoms with Crippen LogP contribution in [0.25, 0.3) is 0 Å². The number of hydroxylamine groups is 1. The fourth-order valence-corrected chi connectivity index (χ4v) is 1.10. The minimum absolute atomic E-state index is 0.0999. The number of amides is 2. The average molecular weight is 341 g/mol. The standard InChI is InChI=1S/C11H21BrN2O5/c1-8(13-9(15)19-11(2,3)4)7-18-14-10(16)17-6-5-12/h8H,5-7H2,1-4H3,(H,13,15)(H,14,16).